The smallest absolute Gasteiger partial charge is 0.270 e. The number of benzene rings is 2. The van der Waals surface area contributed by atoms with Crippen molar-refractivity contribution in [3.8, 4) is 0 Å². The predicted molar refractivity (Wildman–Crippen MR) is 122 cm³/mol. The molecule has 1 aromatic heterocycles. The number of amides is 1. The van der Waals surface area contributed by atoms with Crippen molar-refractivity contribution in [2.75, 3.05) is 0 Å². The molecule has 2 aromatic carbocycles. The number of hydrogen-bond acceptors (Lipinski definition) is 3. The minimum absolute atomic E-state index is 0.0544. The molecule has 0 aliphatic heterocycles. The van der Waals surface area contributed by atoms with Crippen LogP contribution in [-0.2, 0) is 13.1 Å². The zero-order chi connectivity index (χ0) is 22.5. The molecule has 0 saturated heterocycles. The third-order valence-corrected chi connectivity index (χ3v) is 5.75. The molecule has 3 rings (SSSR count). The van der Waals surface area contributed by atoms with Gasteiger partial charge in [-0.05, 0) is 48.7 Å². The van der Waals surface area contributed by atoms with Gasteiger partial charge in [-0.25, -0.2) is 0 Å². The van der Waals surface area contributed by atoms with Crippen molar-refractivity contribution in [3.05, 3.63) is 98.8 Å². The molecule has 1 amide bonds. The molecule has 162 valence electrons. The second kappa shape index (κ2) is 9.79. The van der Waals surface area contributed by atoms with Gasteiger partial charge in [-0.1, -0.05) is 43.6 Å². The van der Waals surface area contributed by atoms with E-state index in [0.717, 1.165) is 11.3 Å². The minimum atomic E-state index is -0.483. The maximum Gasteiger partial charge on any atom is 0.270 e. The van der Waals surface area contributed by atoms with Gasteiger partial charge in [-0.15, -0.1) is 0 Å². The van der Waals surface area contributed by atoms with E-state index in [0.29, 0.717) is 23.7 Å². The molecular weight excluding hydrogens is 414 g/mol. The average Bonchev–Trinajstić information content (AvgIpc) is 3.17. The normalized spacial score (nSPS) is 12.0. The fourth-order valence-electron chi connectivity index (χ4n) is 3.43. The first-order valence-electron chi connectivity index (χ1n) is 10.2. The van der Waals surface area contributed by atoms with Crippen molar-refractivity contribution in [1.82, 2.24) is 9.47 Å². The number of nitrogens with zero attached hydrogens (tertiary/aromatic N) is 3. The molecular formula is C24H26ClN3O3. The second-order valence-electron chi connectivity index (χ2n) is 7.98. The van der Waals surface area contributed by atoms with Gasteiger partial charge in [-0.3, -0.25) is 14.9 Å². The van der Waals surface area contributed by atoms with Gasteiger partial charge in [0, 0.05) is 47.2 Å². The molecule has 3 aromatic rings. The minimum Gasteiger partial charge on any atom is -0.345 e. The lowest BCUT2D eigenvalue weighted by molar-refractivity contribution is -0.384. The number of halogens is 1. The molecule has 0 radical (unpaired) electrons. The molecule has 0 aliphatic carbocycles. The van der Waals surface area contributed by atoms with Crippen LogP contribution in [0.5, 0.6) is 0 Å². The van der Waals surface area contributed by atoms with Gasteiger partial charge >= 0.3 is 0 Å². The largest absolute Gasteiger partial charge is 0.345 e. The van der Waals surface area contributed by atoms with Crippen LogP contribution in [-0.4, -0.2) is 26.3 Å². The number of nitro groups is 1. The summed E-state index contributed by atoms with van der Waals surface area (Å²) in [4.78, 5) is 25.8. The Labute approximate surface area is 187 Å². The van der Waals surface area contributed by atoms with E-state index in [4.69, 9.17) is 11.6 Å². The van der Waals surface area contributed by atoms with Gasteiger partial charge in [0.2, 0.25) is 0 Å². The highest BCUT2D eigenvalue weighted by atomic mass is 35.5. The van der Waals surface area contributed by atoms with E-state index in [1.807, 2.05) is 49.5 Å². The Morgan fingerprint density at radius 2 is 1.84 bits per heavy atom. The summed E-state index contributed by atoms with van der Waals surface area (Å²) in [5.74, 6) is -0.000559. The van der Waals surface area contributed by atoms with Crippen LogP contribution in [0.15, 0.2) is 66.9 Å². The first-order chi connectivity index (χ1) is 14.8. The maximum absolute atomic E-state index is 13.4. The van der Waals surface area contributed by atoms with Gasteiger partial charge in [0.15, 0.2) is 0 Å². The van der Waals surface area contributed by atoms with Crippen LogP contribution in [0.2, 0.25) is 5.02 Å². The highest BCUT2D eigenvalue weighted by Crippen LogP contribution is 2.22. The quantitative estimate of drug-likeness (QED) is 0.329. The van der Waals surface area contributed by atoms with Crippen molar-refractivity contribution in [2.24, 2.45) is 5.92 Å². The molecule has 0 saturated carbocycles. The number of aromatic nitrogens is 1. The molecule has 6 nitrogen and oxygen atoms in total. The lowest BCUT2D eigenvalue weighted by atomic mass is 10.0. The Morgan fingerprint density at radius 1 is 1.10 bits per heavy atom. The zero-order valence-corrected chi connectivity index (χ0v) is 18.6. The summed E-state index contributed by atoms with van der Waals surface area (Å²) < 4.78 is 2.09. The van der Waals surface area contributed by atoms with E-state index in [1.165, 1.54) is 12.1 Å². The molecule has 31 heavy (non-hydrogen) atoms. The van der Waals surface area contributed by atoms with Crippen LogP contribution in [0, 0.1) is 16.0 Å². The van der Waals surface area contributed by atoms with E-state index >= 15 is 0 Å². The maximum atomic E-state index is 13.4. The topological polar surface area (TPSA) is 68.4 Å². The molecule has 0 unspecified atom stereocenters. The second-order valence-corrected chi connectivity index (χ2v) is 8.42. The lowest BCUT2D eigenvalue weighted by Crippen LogP contribution is -2.41. The molecule has 1 atom stereocenters. The molecule has 7 heteroatoms. The summed E-state index contributed by atoms with van der Waals surface area (Å²) in [6.07, 6.45) is 1.98. The first-order valence-corrected chi connectivity index (χ1v) is 10.6. The molecule has 0 N–H and O–H groups in total. The van der Waals surface area contributed by atoms with Crippen LogP contribution in [0.25, 0.3) is 0 Å². The van der Waals surface area contributed by atoms with Gasteiger partial charge in [0.25, 0.3) is 11.6 Å². The summed E-state index contributed by atoms with van der Waals surface area (Å²) in [5.41, 5.74) is 2.27. The molecule has 1 heterocycles. The number of non-ortho nitro benzene ring substituents is 1. The Kier molecular flexibility index (Phi) is 7.13. The third-order valence-electron chi connectivity index (χ3n) is 5.52. The van der Waals surface area contributed by atoms with E-state index in [9.17, 15) is 14.9 Å². The SMILES string of the molecule is CC(C)[C@@H](C)N(Cc1cccn1Cc1cccc(Cl)c1)C(=O)c1cccc([N+](=O)[O-])c1. The van der Waals surface area contributed by atoms with Gasteiger partial charge < -0.3 is 9.47 Å². The van der Waals surface area contributed by atoms with Crippen molar-refractivity contribution in [1.29, 1.82) is 0 Å². The standard InChI is InChI=1S/C24H26ClN3O3/c1-17(2)18(3)27(24(29)20-8-5-10-22(14-20)28(30)31)16-23-11-6-12-26(23)15-19-7-4-9-21(25)13-19/h4-14,17-18H,15-16H2,1-3H3/t18-/m1/s1. The number of rotatable bonds is 8. The summed E-state index contributed by atoms with van der Waals surface area (Å²) >= 11 is 6.12. The Bertz CT molecular complexity index is 1080. The summed E-state index contributed by atoms with van der Waals surface area (Å²) in [7, 11) is 0. The fraction of sp³-hybridized carbons (Fsp3) is 0.292. The zero-order valence-electron chi connectivity index (χ0n) is 17.9. The Morgan fingerprint density at radius 3 is 2.52 bits per heavy atom. The summed E-state index contributed by atoms with van der Waals surface area (Å²) in [6.45, 7) is 7.16. The fourth-order valence-corrected chi connectivity index (χ4v) is 3.65. The van der Waals surface area contributed by atoms with Crippen molar-refractivity contribution in [2.45, 2.75) is 39.9 Å². The van der Waals surface area contributed by atoms with Crippen LogP contribution >= 0.6 is 11.6 Å². The summed E-state index contributed by atoms with van der Waals surface area (Å²) in [5, 5.41) is 11.8. The van der Waals surface area contributed by atoms with Gasteiger partial charge in [-0.2, -0.15) is 0 Å². The van der Waals surface area contributed by atoms with Crippen LogP contribution in [0.1, 0.15) is 42.4 Å². The van der Waals surface area contributed by atoms with E-state index in [-0.39, 0.29) is 23.6 Å². The summed E-state index contributed by atoms with van der Waals surface area (Å²) in [6, 6.07) is 17.5. The van der Waals surface area contributed by atoms with E-state index in [1.54, 1.807) is 17.0 Å². The average molecular weight is 440 g/mol. The Balaban J connectivity index is 1.89. The highest BCUT2D eigenvalue weighted by Gasteiger charge is 2.26. The van der Waals surface area contributed by atoms with Crippen molar-refractivity contribution in [3.63, 3.8) is 0 Å². The van der Waals surface area contributed by atoms with Crippen molar-refractivity contribution < 1.29 is 9.72 Å². The molecule has 0 fully saturated rings. The Hall–Kier alpha value is -3.12. The van der Waals surface area contributed by atoms with Crippen LogP contribution in [0.3, 0.4) is 0 Å². The van der Waals surface area contributed by atoms with Gasteiger partial charge in [0.1, 0.15) is 0 Å². The predicted octanol–water partition coefficient (Wildman–Crippen LogP) is 5.78. The first kappa shape index (κ1) is 22.6. The lowest BCUT2D eigenvalue weighted by Gasteiger charge is -2.32. The number of hydrogen-bond donors (Lipinski definition) is 0. The van der Waals surface area contributed by atoms with Crippen LogP contribution in [0.4, 0.5) is 5.69 Å². The highest BCUT2D eigenvalue weighted by molar-refractivity contribution is 6.30. The van der Waals surface area contributed by atoms with E-state index in [2.05, 4.69) is 18.4 Å². The van der Waals surface area contributed by atoms with Crippen molar-refractivity contribution >= 4 is 23.2 Å². The number of carbonyl (C=O) groups excluding carboxylic acids is 1. The third kappa shape index (κ3) is 5.52. The molecule has 0 bridgehead atoms. The van der Waals surface area contributed by atoms with Gasteiger partial charge in [0.05, 0.1) is 11.5 Å². The van der Waals surface area contributed by atoms with Crippen LogP contribution < -0.4 is 0 Å². The monoisotopic (exact) mass is 439 g/mol. The number of nitro benzene ring substituents is 1. The molecule has 0 aliphatic rings. The number of carbonyl (C=O) groups is 1. The van der Waals surface area contributed by atoms with E-state index < -0.39 is 4.92 Å². The molecule has 0 spiro atoms.